The Morgan fingerprint density at radius 3 is 2.38 bits per heavy atom. The number of aliphatic carboxylic acids is 1. The van der Waals surface area contributed by atoms with E-state index in [0.717, 1.165) is 16.5 Å². The Bertz CT molecular complexity index is 971. The summed E-state index contributed by atoms with van der Waals surface area (Å²) >= 11 is 0. The molecule has 0 saturated carbocycles. The van der Waals surface area contributed by atoms with Gasteiger partial charge in [0.25, 0.3) is 0 Å². The fourth-order valence-corrected chi connectivity index (χ4v) is 3.32. The van der Waals surface area contributed by atoms with Gasteiger partial charge in [-0.15, -0.1) is 0 Å². The molecule has 3 amide bonds. The number of amides is 3. The van der Waals surface area contributed by atoms with Crippen molar-refractivity contribution in [2.24, 2.45) is 11.7 Å². The molecular formula is C22H31N5O5. The largest absolute Gasteiger partial charge is 0.480 e. The Kier molecular flexibility index (Phi) is 8.77. The van der Waals surface area contributed by atoms with Gasteiger partial charge in [0, 0.05) is 23.5 Å². The normalized spacial score (nSPS) is 13.9. The van der Waals surface area contributed by atoms with Crippen LogP contribution >= 0.6 is 0 Å². The maximum absolute atomic E-state index is 13.0. The molecule has 2 aromatic rings. The summed E-state index contributed by atoms with van der Waals surface area (Å²) in [6, 6.07) is 4.83. The first kappa shape index (κ1) is 24.9. The number of fused-ring (bicyclic) bond motifs is 1. The highest BCUT2D eigenvalue weighted by atomic mass is 16.4. The molecule has 0 fully saturated rings. The van der Waals surface area contributed by atoms with Crippen LogP contribution in [0.25, 0.3) is 10.9 Å². The van der Waals surface area contributed by atoms with Crippen LogP contribution in [0.4, 0.5) is 0 Å². The summed E-state index contributed by atoms with van der Waals surface area (Å²) in [5, 5.41) is 17.1. The lowest BCUT2D eigenvalue weighted by Crippen LogP contribution is -2.56. The molecule has 10 heteroatoms. The Balaban J connectivity index is 2.17. The Labute approximate surface area is 186 Å². The number of rotatable bonds is 11. The average Bonchev–Trinajstić information content (AvgIpc) is 3.13. The number of H-pyrrole nitrogens is 1. The molecule has 0 aliphatic rings. The lowest BCUT2D eigenvalue weighted by Gasteiger charge is -2.23. The fraction of sp³-hybridized carbons (Fsp3) is 0.455. The predicted molar refractivity (Wildman–Crippen MR) is 120 cm³/mol. The van der Waals surface area contributed by atoms with Crippen molar-refractivity contribution < 1.29 is 24.3 Å². The average molecular weight is 446 g/mol. The second-order valence-electron chi connectivity index (χ2n) is 8.20. The summed E-state index contributed by atoms with van der Waals surface area (Å²) in [6.45, 7) is 4.77. The highest BCUT2D eigenvalue weighted by Gasteiger charge is 2.27. The molecule has 7 N–H and O–H groups in total. The van der Waals surface area contributed by atoms with Crippen molar-refractivity contribution in [1.29, 1.82) is 0 Å². The van der Waals surface area contributed by atoms with Gasteiger partial charge in [0.05, 0.1) is 6.04 Å². The number of hydrogen-bond acceptors (Lipinski definition) is 5. The zero-order valence-corrected chi connectivity index (χ0v) is 18.5. The summed E-state index contributed by atoms with van der Waals surface area (Å²) in [5.74, 6) is -2.66. The SMILES string of the molecule is CC(C)CC(N)C(=O)NC(Cc1c[nH]c2ccccc12)C(=O)NC(C)C(=O)NCC(=O)O. The molecule has 10 nitrogen and oxygen atoms in total. The number of aromatic nitrogens is 1. The van der Waals surface area contributed by atoms with E-state index >= 15 is 0 Å². The van der Waals surface area contributed by atoms with E-state index in [1.807, 2.05) is 38.1 Å². The van der Waals surface area contributed by atoms with Gasteiger partial charge in [-0.05, 0) is 30.9 Å². The molecule has 3 atom stereocenters. The lowest BCUT2D eigenvalue weighted by molar-refractivity contribution is -0.138. The van der Waals surface area contributed by atoms with Gasteiger partial charge in [0.1, 0.15) is 18.6 Å². The van der Waals surface area contributed by atoms with Crippen LogP contribution in [-0.2, 0) is 25.6 Å². The van der Waals surface area contributed by atoms with Crippen molar-refractivity contribution in [1.82, 2.24) is 20.9 Å². The number of aromatic amines is 1. The monoisotopic (exact) mass is 445 g/mol. The predicted octanol–water partition coefficient (Wildman–Crippen LogP) is 0.274. The maximum Gasteiger partial charge on any atom is 0.322 e. The molecule has 1 heterocycles. The number of carboxylic acids is 1. The van der Waals surface area contributed by atoms with E-state index in [-0.39, 0.29) is 12.3 Å². The molecule has 0 aliphatic carbocycles. The highest BCUT2D eigenvalue weighted by Crippen LogP contribution is 2.19. The van der Waals surface area contributed by atoms with E-state index < -0.39 is 48.4 Å². The third-order valence-corrected chi connectivity index (χ3v) is 4.96. The number of hydrogen-bond donors (Lipinski definition) is 6. The van der Waals surface area contributed by atoms with Gasteiger partial charge in [-0.25, -0.2) is 0 Å². The van der Waals surface area contributed by atoms with Crippen LogP contribution < -0.4 is 21.7 Å². The standard InChI is InChI=1S/C22H31N5O5/c1-12(2)8-16(23)21(31)27-18(9-14-10-24-17-7-5-4-6-15(14)17)22(32)26-13(3)20(30)25-11-19(28)29/h4-7,10,12-13,16,18,24H,8-9,11,23H2,1-3H3,(H,25,30)(H,26,32)(H,27,31)(H,28,29). The van der Waals surface area contributed by atoms with E-state index in [4.69, 9.17) is 10.8 Å². The molecule has 0 spiro atoms. The van der Waals surface area contributed by atoms with Crippen LogP contribution in [0.15, 0.2) is 30.5 Å². The lowest BCUT2D eigenvalue weighted by atomic mass is 10.0. The molecule has 1 aromatic carbocycles. The Morgan fingerprint density at radius 2 is 1.72 bits per heavy atom. The quantitative estimate of drug-likeness (QED) is 0.290. The topological polar surface area (TPSA) is 166 Å². The van der Waals surface area contributed by atoms with E-state index in [2.05, 4.69) is 20.9 Å². The summed E-state index contributed by atoms with van der Waals surface area (Å²) in [7, 11) is 0. The van der Waals surface area contributed by atoms with Crippen molar-refractivity contribution in [3.63, 3.8) is 0 Å². The number of nitrogens with one attached hydrogen (secondary N) is 4. The molecule has 0 saturated heterocycles. The van der Waals surface area contributed by atoms with Crippen LogP contribution in [0.1, 0.15) is 32.8 Å². The summed E-state index contributed by atoms with van der Waals surface area (Å²) in [5.41, 5.74) is 7.69. The first-order chi connectivity index (χ1) is 15.1. The molecule has 3 unspecified atom stereocenters. The van der Waals surface area contributed by atoms with Crippen LogP contribution in [0.3, 0.4) is 0 Å². The maximum atomic E-state index is 13.0. The molecule has 0 bridgehead atoms. The number of benzene rings is 1. The number of carbonyl (C=O) groups is 4. The van der Waals surface area contributed by atoms with Crippen molar-refractivity contribution in [2.45, 2.75) is 51.7 Å². The number of nitrogens with two attached hydrogens (primary N) is 1. The van der Waals surface area contributed by atoms with E-state index in [1.54, 1.807) is 6.20 Å². The van der Waals surface area contributed by atoms with Gasteiger partial charge >= 0.3 is 5.97 Å². The molecular weight excluding hydrogens is 414 g/mol. The zero-order chi connectivity index (χ0) is 23.8. The van der Waals surface area contributed by atoms with Crippen molar-refractivity contribution in [3.8, 4) is 0 Å². The Hall–Kier alpha value is -3.40. The zero-order valence-electron chi connectivity index (χ0n) is 18.5. The third-order valence-electron chi connectivity index (χ3n) is 4.96. The molecule has 0 aliphatic heterocycles. The van der Waals surface area contributed by atoms with Crippen molar-refractivity contribution in [2.75, 3.05) is 6.54 Å². The van der Waals surface area contributed by atoms with E-state index in [1.165, 1.54) is 6.92 Å². The highest BCUT2D eigenvalue weighted by molar-refractivity contribution is 5.94. The van der Waals surface area contributed by atoms with Crippen LogP contribution in [-0.4, -0.2) is 58.5 Å². The first-order valence-electron chi connectivity index (χ1n) is 10.5. The second-order valence-corrected chi connectivity index (χ2v) is 8.20. The summed E-state index contributed by atoms with van der Waals surface area (Å²) in [6.07, 6.45) is 2.41. The molecule has 174 valence electrons. The van der Waals surface area contributed by atoms with Gasteiger partial charge in [0.15, 0.2) is 0 Å². The van der Waals surface area contributed by atoms with Gasteiger partial charge < -0.3 is 31.8 Å². The minimum absolute atomic E-state index is 0.180. The molecule has 2 rings (SSSR count). The van der Waals surface area contributed by atoms with Crippen LogP contribution in [0.5, 0.6) is 0 Å². The van der Waals surface area contributed by atoms with Crippen LogP contribution in [0.2, 0.25) is 0 Å². The molecule has 1 aromatic heterocycles. The Morgan fingerprint density at radius 1 is 1.03 bits per heavy atom. The molecule has 32 heavy (non-hydrogen) atoms. The van der Waals surface area contributed by atoms with Gasteiger partial charge in [-0.2, -0.15) is 0 Å². The van der Waals surface area contributed by atoms with Crippen LogP contribution in [0, 0.1) is 5.92 Å². The van der Waals surface area contributed by atoms with Gasteiger partial charge in [-0.3, -0.25) is 19.2 Å². The number of carbonyl (C=O) groups excluding carboxylic acids is 3. The van der Waals surface area contributed by atoms with Crippen molar-refractivity contribution in [3.05, 3.63) is 36.0 Å². The van der Waals surface area contributed by atoms with Gasteiger partial charge in [-0.1, -0.05) is 32.0 Å². The number of para-hydroxylation sites is 1. The first-order valence-corrected chi connectivity index (χ1v) is 10.5. The minimum Gasteiger partial charge on any atom is -0.480 e. The number of carboxylic acid groups (broad SMARTS) is 1. The smallest absolute Gasteiger partial charge is 0.322 e. The van der Waals surface area contributed by atoms with Gasteiger partial charge in [0.2, 0.25) is 17.7 Å². The third kappa shape index (κ3) is 7.09. The molecule has 0 radical (unpaired) electrons. The minimum atomic E-state index is -1.19. The summed E-state index contributed by atoms with van der Waals surface area (Å²) in [4.78, 5) is 51.4. The fourth-order valence-electron chi connectivity index (χ4n) is 3.32. The van der Waals surface area contributed by atoms with E-state index in [9.17, 15) is 19.2 Å². The van der Waals surface area contributed by atoms with Crippen molar-refractivity contribution >= 4 is 34.6 Å². The van der Waals surface area contributed by atoms with E-state index in [0.29, 0.717) is 6.42 Å². The second kappa shape index (κ2) is 11.3. The summed E-state index contributed by atoms with van der Waals surface area (Å²) < 4.78 is 0.